The zero-order valence-corrected chi connectivity index (χ0v) is 14.4. The quantitative estimate of drug-likeness (QED) is 0.790. The fraction of sp³-hybridized carbons (Fsp3) is 0.263. The predicted octanol–water partition coefficient (Wildman–Crippen LogP) is 2.49. The number of hydrogen-bond acceptors (Lipinski definition) is 4. The second-order valence-corrected chi connectivity index (χ2v) is 6.61. The number of amides is 2. The molecule has 7 heteroatoms. The molecule has 0 bridgehead atoms. The molecule has 0 spiro atoms. The van der Waals surface area contributed by atoms with Crippen molar-refractivity contribution in [2.45, 2.75) is 25.6 Å². The van der Waals surface area contributed by atoms with Gasteiger partial charge in [-0.2, -0.15) is 0 Å². The molecule has 0 unspecified atom stereocenters. The van der Waals surface area contributed by atoms with Crippen molar-refractivity contribution in [3.63, 3.8) is 0 Å². The topological polar surface area (TPSA) is 79.5 Å². The monoisotopic (exact) mass is 355 g/mol. The van der Waals surface area contributed by atoms with E-state index in [1.807, 2.05) is 18.2 Å². The Hall–Kier alpha value is -2.77. The molecular formula is C19H18FN3O3. The normalized spacial score (nSPS) is 20.5. The number of rotatable bonds is 3. The number of halogens is 1. The molecule has 4 rings (SSSR count). The van der Waals surface area contributed by atoms with Gasteiger partial charge in [0.1, 0.15) is 5.82 Å². The molecule has 134 valence electrons. The Balaban J connectivity index is 1.72. The molecule has 0 aromatic heterocycles. The number of fused-ring (bicyclic) bond motifs is 2. The Kier molecular flexibility index (Phi) is 3.78. The van der Waals surface area contributed by atoms with Crippen LogP contribution in [0.4, 0.5) is 15.8 Å². The van der Waals surface area contributed by atoms with E-state index >= 15 is 0 Å². The van der Waals surface area contributed by atoms with Gasteiger partial charge in [0.2, 0.25) is 0 Å². The highest BCUT2D eigenvalue weighted by Crippen LogP contribution is 2.41. The van der Waals surface area contributed by atoms with E-state index in [-0.39, 0.29) is 11.3 Å². The Bertz CT molecular complexity index is 944. The maximum Gasteiger partial charge on any atom is 0.261 e. The van der Waals surface area contributed by atoms with Crippen LogP contribution in [-0.4, -0.2) is 18.9 Å². The Morgan fingerprint density at radius 3 is 2.77 bits per heavy atom. The molecule has 0 saturated carbocycles. The van der Waals surface area contributed by atoms with Gasteiger partial charge in [-0.25, -0.2) is 4.39 Å². The molecule has 0 fully saturated rings. The molecule has 2 aromatic carbocycles. The number of carbonyl (C=O) groups is 2. The van der Waals surface area contributed by atoms with E-state index in [0.717, 1.165) is 24.7 Å². The van der Waals surface area contributed by atoms with Crippen LogP contribution >= 0.6 is 0 Å². The van der Waals surface area contributed by atoms with Gasteiger partial charge in [-0.3, -0.25) is 9.59 Å². The highest BCUT2D eigenvalue weighted by atomic mass is 19.1. The van der Waals surface area contributed by atoms with Gasteiger partial charge in [-0.05, 0) is 42.3 Å². The summed E-state index contributed by atoms with van der Waals surface area (Å²) in [5, 5.41) is 8.61. The lowest BCUT2D eigenvalue weighted by atomic mass is 9.91. The van der Waals surface area contributed by atoms with Crippen LogP contribution in [0.3, 0.4) is 0 Å². The van der Waals surface area contributed by atoms with E-state index in [0.29, 0.717) is 11.3 Å². The van der Waals surface area contributed by atoms with Crippen molar-refractivity contribution in [3.05, 3.63) is 58.4 Å². The van der Waals surface area contributed by atoms with Crippen LogP contribution in [-0.2, 0) is 28.2 Å². The van der Waals surface area contributed by atoms with Crippen molar-refractivity contribution in [2.24, 2.45) is 0 Å². The van der Waals surface area contributed by atoms with Crippen LogP contribution in [0.5, 0.6) is 0 Å². The number of ether oxygens (including phenoxy) is 1. The summed E-state index contributed by atoms with van der Waals surface area (Å²) in [5.41, 5.74) is 2.24. The molecule has 2 heterocycles. The van der Waals surface area contributed by atoms with E-state index in [1.54, 1.807) is 6.92 Å². The fourth-order valence-electron chi connectivity index (χ4n) is 3.52. The average Bonchev–Trinajstić information content (AvgIpc) is 3.17. The third-order valence-corrected chi connectivity index (χ3v) is 5.01. The Morgan fingerprint density at radius 1 is 1.23 bits per heavy atom. The van der Waals surface area contributed by atoms with Gasteiger partial charge in [-0.1, -0.05) is 6.07 Å². The molecule has 3 N–H and O–H groups in total. The van der Waals surface area contributed by atoms with Crippen molar-refractivity contribution < 1.29 is 18.7 Å². The first-order valence-electron chi connectivity index (χ1n) is 8.27. The minimum Gasteiger partial charge on any atom is -0.364 e. The molecule has 0 radical (unpaired) electrons. The van der Waals surface area contributed by atoms with Gasteiger partial charge >= 0.3 is 0 Å². The van der Waals surface area contributed by atoms with E-state index in [4.69, 9.17) is 4.74 Å². The molecule has 6 nitrogen and oxygen atoms in total. The fourth-order valence-corrected chi connectivity index (χ4v) is 3.52. The van der Waals surface area contributed by atoms with Crippen molar-refractivity contribution in [1.29, 1.82) is 0 Å². The highest BCUT2D eigenvalue weighted by molar-refractivity contribution is 6.13. The van der Waals surface area contributed by atoms with E-state index in [2.05, 4.69) is 16.0 Å². The van der Waals surface area contributed by atoms with Crippen LogP contribution in [0.15, 0.2) is 30.3 Å². The number of anilines is 2. The number of carbonyl (C=O) groups excluding carboxylic acids is 2. The van der Waals surface area contributed by atoms with Gasteiger partial charge in [0, 0.05) is 31.5 Å². The highest BCUT2D eigenvalue weighted by Gasteiger charge is 2.46. The van der Waals surface area contributed by atoms with Crippen molar-refractivity contribution >= 4 is 23.2 Å². The summed E-state index contributed by atoms with van der Waals surface area (Å²) in [7, 11) is 1.38. The number of benzene rings is 2. The van der Waals surface area contributed by atoms with E-state index in [1.165, 1.54) is 18.7 Å². The van der Waals surface area contributed by atoms with Crippen molar-refractivity contribution in [3.8, 4) is 0 Å². The molecule has 2 amide bonds. The molecule has 2 aromatic rings. The largest absolute Gasteiger partial charge is 0.364 e. The summed E-state index contributed by atoms with van der Waals surface area (Å²) in [5.74, 6) is -1.53. The third kappa shape index (κ3) is 2.48. The maximum atomic E-state index is 14.0. The maximum absolute atomic E-state index is 14.0. The summed E-state index contributed by atoms with van der Waals surface area (Å²) in [4.78, 5) is 25.1. The first-order valence-corrected chi connectivity index (χ1v) is 8.27. The molecule has 0 saturated heterocycles. The van der Waals surface area contributed by atoms with Gasteiger partial charge in [0.05, 0.1) is 11.3 Å². The van der Waals surface area contributed by atoms with Crippen molar-refractivity contribution in [1.82, 2.24) is 5.32 Å². The first-order chi connectivity index (χ1) is 12.4. The average molecular weight is 355 g/mol. The second kappa shape index (κ2) is 5.89. The van der Waals surface area contributed by atoms with Gasteiger partial charge < -0.3 is 20.7 Å². The Labute approximate surface area is 149 Å². The molecule has 1 atom stereocenters. The van der Waals surface area contributed by atoms with Crippen LogP contribution in [0.2, 0.25) is 0 Å². The summed E-state index contributed by atoms with van der Waals surface area (Å²) < 4.78 is 19.4. The van der Waals surface area contributed by atoms with Crippen LogP contribution in [0, 0.1) is 5.82 Å². The molecule has 2 aliphatic rings. The lowest BCUT2D eigenvalue weighted by molar-refractivity contribution is -0.135. The van der Waals surface area contributed by atoms with Crippen LogP contribution in [0.1, 0.15) is 34.0 Å². The third-order valence-electron chi connectivity index (χ3n) is 5.01. The first kappa shape index (κ1) is 16.7. The molecule has 2 aliphatic heterocycles. The molecule has 0 aliphatic carbocycles. The standard InChI is InChI=1S/C19H18FN3O3/c1-19(26-2)16-14(6-12(20)7-15(16)23-18(19)25)17(24)22-13-4-3-10-8-21-9-11(10)5-13/h3-7,21H,8-9H2,1-2H3,(H,22,24)(H,23,25)/t19-/m0/s1. The lowest BCUT2D eigenvalue weighted by Gasteiger charge is -2.22. The summed E-state index contributed by atoms with van der Waals surface area (Å²) in [6, 6.07) is 7.97. The smallest absolute Gasteiger partial charge is 0.261 e. The molecule has 26 heavy (non-hydrogen) atoms. The lowest BCUT2D eigenvalue weighted by Crippen LogP contribution is -2.34. The second-order valence-electron chi connectivity index (χ2n) is 6.61. The van der Waals surface area contributed by atoms with E-state index in [9.17, 15) is 14.0 Å². The number of methoxy groups -OCH3 is 1. The SMILES string of the molecule is CO[C@]1(C)C(=O)Nc2cc(F)cc(C(=O)Nc3ccc4c(c3)CNC4)c21. The number of nitrogens with one attached hydrogen (secondary N) is 3. The van der Waals surface area contributed by atoms with Gasteiger partial charge in [-0.15, -0.1) is 0 Å². The van der Waals surface area contributed by atoms with Gasteiger partial charge in [0.25, 0.3) is 11.8 Å². The predicted molar refractivity (Wildman–Crippen MR) is 94.3 cm³/mol. The zero-order chi connectivity index (χ0) is 18.5. The Morgan fingerprint density at radius 2 is 2.00 bits per heavy atom. The summed E-state index contributed by atoms with van der Waals surface area (Å²) in [6.45, 7) is 3.11. The number of hydrogen-bond donors (Lipinski definition) is 3. The zero-order valence-electron chi connectivity index (χ0n) is 14.4. The van der Waals surface area contributed by atoms with Crippen LogP contribution < -0.4 is 16.0 Å². The molecular weight excluding hydrogens is 337 g/mol. The van der Waals surface area contributed by atoms with E-state index < -0.39 is 23.2 Å². The van der Waals surface area contributed by atoms with Crippen molar-refractivity contribution in [2.75, 3.05) is 17.7 Å². The summed E-state index contributed by atoms with van der Waals surface area (Å²) >= 11 is 0. The van der Waals surface area contributed by atoms with Gasteiger partial charge in [0.15, 0.2) is 5.60 Å². The minimum atomic E-state index is -1.35. The minimum absolute atomic E-state index is 0.0707. The van der Waals surface area contributed by atoms with Crippen LogP contribution in [0.25, 0.3) is 0 Å². The summed E-state index contributed by atoms with van der Waals surface area (Å²) in [6.07, 6.45) is 0.